The third kappa shape index (κ3) is 7.34. The minimum atomic E-state index is -0.783. The van der Waals surface area contributed by atoms with Gasteiger partial charge in [-0.15, -0.1) is 0 Å². The summed E-state index contributed by atoms with van der Waals surface area (Å²) in [5, 5.41) is 13.0. The molecule has 186 valence electrons. The van der Waals surface area contributed by atoms with Gasteiger partial charge >= 0.3 is 6.09 Å². The molecule has 1 heterocycles. The van der Waals surface area contributed by atoms with E-state index in [-0.39, 0.29) is 42.8 Å². The zero-order chi connectivity index (χ0) is 25.4. The number of fused-ring (bicyclic) bond motifs is 1. The average molecular weight is 506 g/mol. The van der Waals surface area contributed by atoms with E-state index in [2.05, 4.69) is 10.3 Å². The van der Waals surface area contributed by atoms with Gasteiger partial charge in [-0.1, -0.05) is 23.7 Å². The highest BCUT2D eigenvalue weighted by atomic mass is 35.5. The Labute approximate surface area is 206 Å². The van der Waals surface area contributed by atoms with Crippen molar-refractivity contribution in [3.05, 3.63) is 70.9 Å². The lowest BCUT2D eigenvalue weighted by atomic mass is 10.1. The Morgan fingerprint density at radius 2 is 2.00 bits per heavy atom. The minimum Gasteiger partial charge on any atom is -0.447 e. The highest BCUT2D eigenvalue weighted by molar-refractivity contribution is 6.31. The number of halogens is 3. The van der Waals surface area contributed by atoms with Crippen LogP contribution in [0, 0.1) is 11.6 Å². The van der Waals surface area contributed by atoms with E-state index in [9.17, 15) is 23.5 Å². The summed E-state index contributed by atoms with van der Waals surface area (Å²) in [5.41, 5.74) is 0.527. The number of rotatable bonds is 10. The van der Waals surface area contributed by atoms with E-state index in [0.717, 1.165) is 0 Å². The fourth-order valence-corrected chi connectivity index (χ4v) is 3.79. The predicted molar refractivity (Wildman–Crippen MR) is 129 cm³/mol. The number of pyridine rings is 1. The summed E-state index contributed by atoms with van der Waals surface area (Å²) in [5.74, 6) is -1.00. The van der Waals surface area contributed by atoms with Crippen LogP contribution >= 0.6 is 11.6 Å². The molecule has 2 amide bonds. The third-order valence-corrected chi connectivity index (χ3v) is 6.02. The van der Waals surface area contributed by atoms with Crippen LogP contribution in [0.1, 0.15) is 24.8 Å². The van der Waals surface area contributed by atoms with Gasteiger partial charge in [0.05, 0.1) is 11.1 Å². The number of aryl methyl sites for hydroxylation is 1. The van der Waals surface area contributed by atoms with E-state index in [4.69, 9.17) is 16.3 Å². The smallest absolute Gasteiger partial charge is 0.412 e. The topological polar surface area (TPSA) is 91.8 Å². The normalized spacial score (nSPS) is 11.8. The molecule has 3 rings (SSSR count). The Balaban J connectivity index is 1.57. The van der Waals surface area contributed by atoms with Crippen LogP contribution in [0.3, 0.4) is 0 Å². The first-order valence-electron chi connectivity index (χ1n) is 11.1. The predicted octanol–water partition coefficient (Wildman–Crippen LogP) is 4.95. The molecule has 3 aromatic rings. The number of anilines is 1. The van der Waals surface area contributed by atoms with E-state index >= 15 is 0 Å². The Morgan fingerprint density at radius 1 is 1.20 bits per heavy atom. The number of likely N-dealkylation sites (N-methyl/N-ethyl adjacent to an activating group) is 1. The lowest BCUT2D eigenvalue weighted by Gasteiger charge is -2.28. The number of hydrogen-bond acceptors (Lipinski definition) is 5. The summed E-state index contributed by atoms with van der Waals surface area (Å²) in [6.07, 6.45) is 1.86. The molecular formula is C25H26ClF2N3O4. The Kier molecular flexibility index (Phi) is 9.33. The number of hydrogen-bond donors (Lipinski definition) is 2. The molecule has 0 bridgehead atoms. The van der Waals surface area contributed by atoms with E-state index in [1.165, 1.54) is 41.4 Å². The van der Waals surface area contributed by atoms with Gasteiger partial charge in [-0.2, -0.15) is 0 Å². The molecule has 1 atom stereocenters. The van der Waals surface area contributed by atoms with Crippen LogP contribution in [-0.2, 0) is 16.0 Å². The second-order valence-electron chi connectivity index (χ2n) is 8.02. The molecule has 0 aliphatic carbocycles. The van der Waals surface area contributed by atoms with Crippen molar-refractivity contribution in [1.82, 2.24) is 9.88 Å². The quantitative estimate of drug-likeness (QED) is 0.407. The Morgan fingerprint density at radius 3 is 2.77 bits per heavy atom. The van der Waals surface area contributed by atoms with Crippen LogP contribution < -0.4 is 5.32 Å². The molecule has 0 aliphatic heterocycles. The number of aromatic nitrogens is 1. The number of nitrogens with one attached hydrogen (secondary N) is 1. The molecule has 10 heteroatoms. The summed E-state index contributed by atoms with van der Waals surface area (Å²) in [6, 6.07) is 9.71. The van der Waals surface area contributed by atoms with Crippen LogP contribution in [0.5, 0.6) is 0 Å². The van der Waals surface area contributed by atoms with Crippen LogP contribution in [0.15, 0.2) is 48.7 Å². The summed E-state index contributed by atoms with van der Waals surface area (Å²) in [6.45, 7) is -0.196. The summed E-state index contributed by atoms with van der Waals surface area (Å²) >= 11 is 5.96. The van der Waals surface area contributed by atoms with Crippen LogP contribution in [0.25, 0.3) is 10.8 Å². The maximum atomic E-state index is 13.6. The van der Waals surface area contributed by atoms with E-state index in [1.54, 1.807) is 19.2 Å². The molecule has 2 aromatic carbocycles. The first kappa shape index (κ1) is 26.3. The van der Waals surface area contributed by atoms with E-state index in [0.29, 0.717) is 29.2 Å². The lowest BCUT2D eigenvalue weighted by Crippen LogP contribution is -2.41. The highest BCUT2D eigenvalue weighted by Gasteiger charge is 2.22. The Bertz CT molecular complexity index is 1190. The largest absolute Gasteiger partial charge is 0.447 e. The van der Waals surface area contributed by atoms with Gasteiger partial charge in [0.2, 0.25) is 5.91 Å². The van der Waals surface area contributed by atoms with Crippen molar-refractivity contribution in [2.45, 2.75) is 31.7 Å². The number of aliphatic hydroxyl groups is 1. The summed E-state index contributed by atoms with van der Waals surface area (Å²) in [4.78, 5) is 30.6. The van der Waals surface area contributed by atoms with Gasteiger partial charge in [0.15, 0.2) is 0 Å². The standard InChI is InChI=1S/C25H26ClF2N3O4/c1-31(23(33)10-8-16-4-2-6-21(28)24(16)26)20(5-3-11-32)15-35-25(34)30-22-13-18-12-19(27)9-7-17(18)14-29-22/h2,4,6-7,9,12-14,20,32H,3,5,8,10-11,15H2,1H3,(H,29,30,34)/t20-/m0/s1. The third-order valence-electron chi connectivity index (χ3n) is 5.60. The SMILES string of the molecule is CN(C(=O)CCc1cccc(F)c1Cl)[C@@H](CCCO)COC(=O)Nc1cc2cc(F)ccc2cn1. The second-order valence-corrected chi connectivity index (χ2v) is 8.40. The lowest BCUT2D eigenvalue weighted by molar-refractivity contribution is -0.133. The minimum absolute atomic E-state index is 0.00942. The number of aliphatic hydroxyl groups excluding tert-OH is 1. The van der Waals surface area contributed by atoms with Crippen molar-refractivity contribution < 1.29 is 28.2 Å². The number of nitrogens with zero attached hydrogens (tertiary/aromatic N) is 2. The second kappa shape index (κ2) is 12.4. The Hall–Kier alpha value is -3.30. The molecule has 0 aliphatic rings. The monoisotopic (exact) mass is 505 g/mol. The molecule has 0 saturated carbocycles. The van der Waals surface area contributed by atoms with Crippen molar-refractivity contribution in [3.8, 4) is 0 Å². The number of carbonyl (C=O) groups excluding carboxylic acids is 2. The average Bonchev–Trinajstić information content (AvgIpc) is 2.84. The van der Waals surface area contributed by atoms with Crippen molar-refractivity contribution in [2.75, 3.05) is 25.6 Å². The number of carbonyl (C=O) groups is 2. The molecule has 0 radical (unpaired) electrons. The van der Waals surface area contributed by atoms with E-state index < -0.39 is 23.8 Å². The summed E-state index contributed by atoms with van der Waals surface area (Å²) in [7, 11) is 1.58. The zero-order valence-corrected chi connectivity index (χ0v) is 19.9. The van der Waals surface area contributed by atoms with Gasteiger partial charge in [-0.3, -0.25) is 10.1 Å². The van der Waals surface area contributed by atoms with Gasteiger partial charge in [0.1, 0.15) is 24.1 Å². The summed E-state index contributed by atoms with van der Waals surface area (Å²) < 4.78 is 32.4. The first-order valence-corrected chi connectivity index (χ1v) is 11.4. The van der Waals surface area contributed by atoms with Gasteiger partial charge in [-0.05, 0) is 60.5 Å². The van der Waals surface area contributed by atoms with Crippen LogP contribution in [0.2, 0.25) is 5.02 Å². The molecule has 35 heavy (non-hydrogen) atoms. The number of amides is 2. The first-order chi connectivity index (χ1) is 16.8. The molecule has 7 nitrogen and oxygen atoms in total. The molecule has 0 spiro atoms. The van der Waals surface area contributed by atoms with Gasteiger partial charge in [0, 0.05) is 31.7 Å². The van der Waals surface area contributed by atoms with Crippen molar-refractivity contribution >= 4 is 40.2 Å². The van der Waals surface area contributed by atoms with Gasteiger partial charge < -0.3 is 14.7 Å². The van der Waals surface area contributed by atoms with Crippen molar-refractivity contribution in [1.29, 1.82) is 0 Å². The maximum Gasteiger partial charge on any atom is 0.412 e. The van der Waals surface area contributed by atoms with E-state index in [1.807, 2.05) is 0 Å². The molecule has 0 unspecified atom stereocenters. The molecule has 0 fully saturated rings. The zero-order valence-electron chi connectivity index (χ0n) is 19.1. The fourth-order valence-electron chi connectivity index (χ4n) is 3.57. The van der Waals surface area contributed by atoms with Crippen molar-refractivity contribution in [3.63, 3.8) is 0 Å². The van der Waals surface area contributed by atoms with Crippen LogP contribution in [0.4, 0.5) is 19.4 Å². The highest BCUT2D eigenvalue weighted by Crippen LogP contribution is 2.22. The fraction of sp³-hybridized carbons (Fsp3) is 0.320. The molecule has 0 saturated heterocycles. The molecular weight excluding hydrogens is 480 g/mol. The van der Waals surface area contributed by atoms with Gasteiger partial charge in [-0.25, -0.2) is 18.6 Å². The number of ether oxygens (including phenoxy) is 1. The number of benzene rings is 2. The van der Waals surface area contributed by atoms with Crippen LogP contribution in [-0.4, -0.2) is 53.3 Å². The van der Waals surface area contributed by atoms with Crippen molar-refractivity contribution in [2.24, 2.45) is 0 Å². The molecule has 1 aromatic heterocycles. The maximum absolute atomic E-state index is 13.6. The molecule has 2 N–H and O–H groups in total. The van der Waals surface area contributed by atoms with Gasteiger partial charge in [0.25, 0.3) is 0 Å².